The molecule has 1 amide bonds. The second kappa shape index (κ2) is 3.75. The molecule has 1 rings (SSSR count). The van der Waals surface area contributed by atoms with Gasteiger partial charge in [0.15, 0.2) is 0 Å². The molecule has 0 aliphatic heterocycles. The van der Waals surface area contributed by atoms with Crippen molar-refractivity contribution in [2.24, 2.45) is 0 Å². The van der Waals surface area contributed by atoms with Crippen molar-refractivity contribution in [2.45, 2.75) is 0 Å². The number of amides is 1. The van der Waals surface area contributed by atoms with Crippen LogP contribution in [0.1, 0.15) is 0 Å². The van der Waals surface area contributed by atoms with Gasteiger partial charge in [-0.25, -0.2) is 9.18 Å². The summed E-state index contributed by atoms with van der Waals surface area (Å²) in [5, 5.41) is 13.2. The Morgan fingerprint density at radius 3 is 2.69 bits per heavy atom. The van der Waals surface area contributed by atoms with Gasteiger partial charge in [-0.05, 0) is 18.2 Å². The van der Waals surface area contributed by atoms with Crippen molar-refractivity contribution in [3.63, 3.8) is 0 Å². The third-order valence-corrected chi connectivity index (χ3v) is 1.49. The van der Waals surface area contributed by atoms with Gasteiger partial charge in [-0.15, -0.1) is 0 Å². The zero-order chi connectivity index (χ0) is 9.84. The van der Waals surface area contributed by atoms with Crippen molar-refractivity contribution in [2.75, 3.05) is 17.7 Å². The molecule has 1 aromatic rings. The Bertz CT molecular complexity index is 328. The molecule has 1 aromatic carbocycles. The maximum Gasteiger partial charge on any atom is 0.409 e. The van der Waals surface area contributed by atoms with Gasteiger partial charge in [-0.2, -0.15) is 0 Å². The molecule has 0 heterocycles. The first-order chi connectivity index (χ1) is 6.13. The van der Waals surface area contributed by atoms with E-state index in [9.17, 15) is 9.18 Å². The van der Waals surface area contributed by atoms with E-state index in [-0.39, 0.29) is 0 Å². The monoisotopic (exact) mass is 184 g/mol. The van der Waals surface area contributed by atoms with Crippen LogP contribution in [-0.2, 0) is 0 Å². The molecule has 0 aliphatic rings. The molecule has 0 atom stereocenters. The van der Waals surface area contributed by atoms with Crippen molar-refractivity contribution < 1.29 is 14.3 Å². The first-order valence-electron chi connectivity index (χ1n) is 3.60. The minimum atomic E-state index is -1.18. The maximum atomic E-state index is 12.7. The molecule has 0 aromatic heterocycles. The van der Waals surface area contributed by atoms with E-state index in [1.54, 1.807) is 7.05 Å². The van der Waals surface area contributed by atoms with E-state index in [2.05, 4.69) is 10.6 Å². The predicted molar refractivity (Wildman–Crippen MR) is 47.6 cm³/mol. The van der Waals surface area contributed by atoms with Crippen LogP contribution in [0.3, 0.4) is 0 Å². The van der Waals surface area contributed by atoms with Crippen LogP contribution in [0.25, 0.3) is 0 Å². The average Bonchev–Trinajstić information content (AvgIpc) is 2.07. The van der Waals surface area contributed by atoms with Crippen LogP contribution < -0.4 is 10.6 Å². The lowest BCUT2D eigenvalue weighted by Crippen LogP contribution is -2.09. The summed E-state index contributed by atoms with van der Waals surface area (Å²) in [7, 11) is 1.59. The van der Waals surface area contributed by atoms with Crippen molar-refractivity contribution in [3.8, 4) is 0 Å². The Kier molecular flexibility index (Phi) is 2.69. The van der Waals surface area contributed by atoms with Crippen LogP contribution in [0.4, 0.5) is 20.6 Å². The molecular formula is C8H9FN2O2. The molecule has 0 spiro atoms. The number of carboxylic acid groups (broad SMARTS) is 1. The maximum absolute atomic E-state index is 12.7. The van der Waals surface area contributed by atoms with E-state index in [1.165, 1.54) is 18.2 Å². The van der Waals surface area contributed by atoms with Crippen molar-refractivity contribution in [1.82, 2.24) is 0 Å². The van der Waals surface area contributed by atoms with Gasteiger partial charge in [-0.3, -0.25) is 5.32 Å². The number of carbonyl (C=O) groups is 1. The largest absolute Gasteiger partial charge is 0.465 e. The van der Waals surface area contributed by atoms with Gasteiger partial charge in [0, 0.05) is 7.05 Å². The smallest absolute Gasteiger partial charge is 0.409 e. The highest BCUT2D eigenvalue weighted by Crippen LogP contribution is 2.21. The number of rotatable bonds is 2. The number of hydrogen-bond donors (Lipinski definition) is 3. The number of nitrogens with one attached hydrogen (secondary N) is 2. The summed E-state index contributed by atoms with van der Waals surface area (Å²) in [5.74, 6) is -0.416. The van der Waals surface area contributed by atoms with Crippen LogP contribution >= 0.6 is 0 Å². The zero-order valence-corrected chi connectivity index (χ0v) is 6.97. The average molecular weight is 184 g/mol. The number of anilines is 2. The molecule has 0 saturated carbocycles. The topological polar surface area (TPSA) is 61.4 Å². The van der Waals surface area contributed by atoms with Gasteiger partial charge in [0.1, 0.15) is 5.82 Å². The van der Waals surface area contributed by atoms with E-state index < -0.39 is 11.9 Å². The Balaban J connectivity index is 2.99. The Morgan fingerprint density at radius 1 is 1.46 bits per heavy atom. The first kappa shape index (κ1) is 9.31. The van der Waals surface area contributed by atoms with Crippen molar-refractivity contribution >= 4 is 17.5 Å². The van der Waals surface area contributed by atoms with Gasteiger partial charge in [0.05, 0.1) is 11.4 Å². The zero-order valence-electron chi connectivity index (χ0n) is 6.97. The van der Waals surface area contributed by atoms with Crippen molar-refractivity contribution in [1.29, 1.82) is 0 Å². The molecule has 0 bridgehead atoms. The highest BCUT2D eigenvalue weighted by molar-refractivity contribution is 5.88. The fraction of sp³-hybridized carbons (Fsp3) is 0.125. The minimum absolute atomic E-state index is 0.330. The minimum Gasteiger partial charge on any atom is -0.465 e. The molecule has 5 heteroatoms. The Hall–Kier alpha value is -1.78. The van der Waals surface area contributed by atoms with Gasteiger partial charge in [0.2, 0.25) is 0 Å². The summed E-state index contributed by atoms with van der Waals surface area (Å²) in [6, 6.07) is 3.76. The van der Waals surface area contributed by atoms with Gasteiger partial charge in [-0.1, -0.05) is 0 Å². The molecule has 0 aliphatic carbocycles. The van der Waals surface area contributed by atoms with Gasteiger partial charge >= 0.3 is 6.09 Å². The number of hydrogen-bond acceptors (Lipinski definition) is 2. The highest BCUT2D eigenvalue weighted by atomic mass is 19.1. The van der Waals surface area contributed by atoms with E-state index in [0.717, 1.165) is 0 Å². The van der Waals surface area contributed by atoms with E-state index in [1.807, 2.05) is 0 Å². The molecule has 4 nitrogen and oxygen atoms in total. The molecule has 0 saturated heterocycles. The standard InChI is InChI=1S/C8H9FN2O2/c1-10-7-4-5(9)2-3-6(7)11-8(12)13/h2-4,10-11H,1H3,(H,12,13). The fourth-order valence-electron chi connectivity index (χ4n) is 0.948. The number of benzene rings is 1. The van der Waals surface area contributed by atoms with E-state index in [4.69, 9.17) is 5.11 Å². The highest BCUT2D eigenvalue weighted by Gasteiger charge is 2.04. The molecule has 13 heavy (non-hydrogen) atoms. The quantitative estimate of drug-likeness (QED) is 0.658. The Morgan fingerprint density at radius 2 is 2.15 bits per heavy atom. The van der Waals surface area contributed by atoms with Crippen molar-refractivity contribution in [3.05, 3.63) is 24.0 Å². The summed E-state index contributed by atoms with van der Waals surface area (Å²) in [5.41, 5.74) is 0.735. The molecular weight excluding hydrogens is 175 g/mol. The summed E-state index contributed by atoms with van der Waals surface area (Å²) in [6.45, 7) is 0. The number of halogens is 1. The van der Waals surface area contributed by atoms with Crippen LogP contribution in [0.2, 0.25) is 0 Å². The van der Waals surface area contributed by atoms with E-state index >= 15 is 0 Å². The lowest BCUT2D eigenvalue weighted by atomic mass is 10.2. The summed E-state index contributed by atoms with van der Waals surface area (Å²) in [6.07, 6.45) is -1.18. The molecule has 70 valence electrons. The summed E-state index contributed by atoms with van der Waals surface area (Å²) < 4.78 is 12.7. The second-order valence-corrected chi connectivity index (χ2v) is 2.37. The SMILES string of the molecule is CNc1cc(F)ccc1NC(=O)O. The Labute approximate surface area is 74.4 Å². The normalized spacial score (nSPS) is 9.38. The summed E-state index contributed by atoms with van der Waals surface area (Å²) >= 11 is 0. The van der Waals surface area contributed by atoms with Gasteiger partial charge in [0.25, 0.3) is 0 Å². The lowest BCUT2D eigenvalue weighted by Gasteiger charge is -2.07. The van der Waals surface area contributed by atoms with Crippen LogP contribution in [0, 0.1) is 5.82 Å². The molecule has 0 radical (unpaired) electrons. The third kappa shape index (κ3) is 2.33. The van der Waals surface area contributed by atoms with Crippen LogP contribution in [0.5, 0.6) is 0 Å². The molecule has 0 unspecified atom stereocenters. The van der Waals surface area contributed by atoms with E-state index in [0.29, 0.717) is 11.4 Å². The second-order valence-electron chi connectivity index (χ2n) is 2.37. The first-order valence-corrected chi connectivity index (χ1v) is 3.60. The predicted octanol–water partition coefficient (Wildman–Crippen LogP) is 1.96. The van der Waals surface area contributed by atoms with Crippen LogP contribution in [-0.4, -0.2) is 18.2 Å². The summed E-state index contributed by atoms with van der Waals surface area (Å²) in [4.78, 5) is 10.3. The van der Waals surface area contributed by atoms with Gasteiger partial charge < -0.3 is 10.4 Å². The third-order valence-electron chi connectivity index (χ3n) is 1.49. The molecule has 0 fully saturated rings. The molecule has 3 N–H and O–H groups in total. The fourth-order valence-corrected chi connectivity index (χ4v) is 0.948. The van der Waals surface area contributed by atoms with Crippen LogP contribution in [0.15, 0.2) is 18.2 Å². The lowest BCUT2D eigenvalue weighted by molar-refractivity contribution is 0.210.